The van der Waals surface area contributed by atoms with Crippen molar-refractivity contribution in [3.05, 3.63) is 94.0 Å². The highest BCUT2D eigenvalue weighted by Crippen LogP contribution is 2.27. The van der Waals surface area contributed by atoms with E-state index in [9.17, 15) is 13.2 Å². The van der Waals surface area contributed by atoms with Gasteiger partial charge < -0.3 is 5.32 Å². The van der Waals surface area contributed by atoms with Crippen molar-refractivity contribution in [2.45, 2.75) is 31.6 Å². The molecule has 0 spiro atoms. The number of sulfonamides is 1. The molecule has 7 heteroatoms. The third-order valence-corrected chi connectivity index (χ3v) is 6.95. The highest BCUT2D eigenvalue weighted by Gasteiger charge is 2.21. The van der Waals surface area contributed by atoms with Crippen LogP contribution in [0.3, 0.4) is 0 Å². The first-order chi connectivity index (χ1) is 14.8. The van der Waals surface area contributed by atoms with E-state index in [1.54, 1.807) is 12.1 Å². The van der Waals surface area contributed by atoms with E-state index in [4.69, 9.17) is 11.6 Å². The maximum atomic E-state index is 13.0. The molecule has 0 heterocycles. The summed E-state index contributed by atoms with van der Waals surface area (Å²) in [6, 6.07) is 19.6. The summed E-state index contributed by atoms with van der Waals surface area (Å²) in [6.45, 7) is 4.23. The Morgan fingerprint density at radius 1 is 0.968 bits per heavy atom. The standard InChI is InChI=1S/C24H25ClN2O3S/c1-17-8-6-12-22(18(17)2)27-31(29,30)23-16-20(13-14-21(23)25)24(28)26-15-7-11-19-9-4-3-5-10-19/h3-6,8-10,12-14,16,27H,7,11,15H2,1-2H3,(H,26,28). The molecule has 0 fully saturated rings. The Morgan fingerprint density at radius 2 is 1.71 bits per heavy atom. The molecule has 3 aromatic rings. The number of benzene rings is 3. The number of rotatable bonds is 8. The van der Waals surface area contributed by atoms with E-state index in [-0.39, 0.29) is 21.4 Å². The van der Waals surface area contributed by atoms with Gasteiger partial charge in [0.05, 0.1) is 10.7 Å². The molecule has 2 N–H and O–H groups in total. The summed E-state index contributed by atoms with van der Waals surface area (Å²) in [5.74, 6) is -0.340. The van der Waals surface area contributed by atoms with Gasteiger partial charge in [0.15, 0.2) is 0 Å². The predicted octanol–water partition coefficient (Wildman–Crippen LogP) is 5.12. The van der Waals surface area contributed by atoms with Gasteiger partial charge in [0, 0.05) is 12.1 Å². The van der Waals surface area contributed by atoms with Gasteiger partial charge in [0.25, 0.3) is 15.9 Å². The molecule has 0 saturated carbocycles. The average molecular weight is 457 g/mol. The van der Waals surface area contributed by atoms with Crippen LogP contribution in [0.2, 0.25) is 5.02 Å². The molecule has 3 rings (SSSR count). The van der Waals surface area contributed by atoms with Crippen molar-refractivity contribution in [1.29, 1.82) is 0 Å². The van der Waals surface area contributed by atoms with Crippen molar-refractivity contribution < 1.29 is 13.2 Å². The van der Waals surface area contributed by atoms with Crippen LogP contribution in [0.4, 0.5) is 5.69 Å². The second-order valence-electron chi connectivity index (χ2n) is 7.34. The lowest BCUT2D eigenvalue weighted by atomic mass is 10.1. The number of carbonyl (C=O) groups excluding carboxylic acids is 1. The number of nitrogens with one attached hydrogen (secondary N) is 2. The van der Waals surface area contributed by atoms with E-state index in [0.29, 0.717) is 12.2 Å². The number of hydrogen-bond donors (Lipinski definition) is 2. The Hall–Kier alpha value is -2.83. The van der Waals surface area contributed by atoms with Gasteiger partial charge in [-0.25, -0.2) is 8.42 Å². The lowest BCUT2D eigenvalue weighted by molar-refractivity contribution is 0.0953. The fraction of sp³-hybridized carbons (Fsp3) is 0.208. The Labute approximate surface area is 188 Å². The molecule has 0 aliphatic carbocycles. The molecule has 1 amide bonds. The molecule has 31 heavy (non-hydrogen) atoms. The largest absolute Gasteiger partial charge is 0.352 e. The first-order valence-corrected chi connectivity index (χ1v) is 11.8. The van der Waals surface area contributed by atoms with E-state index in [1.807, 2.05) is 50.2 Å². The van der Waals surface area contributed by atoms with Gasteiger partial charge in [-0.15, -0.1) is 0 Å². The summed E-state index contributed by atoms with van der Waals surface area (Å²) >= 11 is 6.17. The lowest BCUT2D eigenvalue weighted by Crippen LogP contribution is -2.25. The first-order valence-electron chi connectivity index (χ1n) is 9.98. The molecular formula is C24H25ClN2O3S. The summed E-state index contributed by atoms with van der Waals surface area (Å²) in [7, 11) is -3.96. The lowest BCUT2D eigenvalue weighted by Gasteiger charge is -2.14. The molecule has 0 radical (unpaired) electrons. The number of halogens is 1. The normalized spacial score (nSPS) is 11.2. The molecule has 0 aliphatic heterocycles. The van der Waals surface area contributed by atoms with Crippen molar-refractivity contribution in [3.8, 4) is 0 Å². The van der Waals surface area contributed by atoms with Gasteiger partial charge >= 0.3 is 0 Å². The van der Waals surface area contributed by atoms with Crippen LogP contribution in [0.15, 0.2) is 71.6 Å². The highest BCUT2D eigenvalue weighted by atomic mass is 35.5. The summed E-state index contributed by atoms with van der Waals surface area (Å²) in [5, 5.41) is 2.89. The summed E-state index contributed by atoms with van der Waals surface area (Å²) in [4.78, 5) is 12.4. The van der Waals surface area contributed by atoms with E-state index >= 15 is 0 Å². The quantitative estimate of drug-likeness (QED) is 0.462. The maximum Gasteiger partial charge on any atom is 0.263 e. The zero-order valence-electron chi connectivity index (χ0n) is 17.5. The minimum absolute atomic E-state index is 0.0541. The number of hydrogen-bond acceptors (Lipinski definition) is 3. The fourth-order valence-electron chi connectivity index (χ4n) is 3.15. The monoisotopic (exact) mass is 456 g/mol. The van der Waals surface area contributed by atoms with Gasteiger partial charge in [0.2, 0.25) is 0 Å². The Kier molecular flexibility index (Phi) is 7.36. The SMILES string of the molecule is Cc1cccc(NS(=O)(=O)c2cc(C(=O)NCCCc3ccccc3)ccc2Cl)c1C. The molecule has 0 unspecified atom stereocenters. The summed E-state index contributed by atoms with van der Waals surface area (Å²) in [6.07, 6.45) is 1.63. The van der Waals surface area contributed by atoms with Crippen LogP contribution < -0.4 is 10.0 Å². The highest BCUT2D eigenvalue weighted by molar-refractivity contribution is 7.92. The molecule has 162 valence electrons. The zero-order valence-corrected chi connectivity index (χ0v) is 19.1. The molecule has 0 aromatic heterocycles. The van der Waals surface area contributed by atoms with E-state index < -0.39 is 10.0 Å². The molecule has 3 aromatic carbocycles. The minimum atomic E-state index is -3.96. The Balaban J connectivity index is 1.70. The molecule has 0 aliphatic rings. The van der Waals surface area contributed by atoms with Crippen molar-refractivity contribution in [1.82, 2.24) is 5.32 Å². The number of amides is 1. The predicted molar refractivity (Wildman–Crippen MR) is 125 cm³/mol. The zero-order chi connectivity index (χ0) is 22.4. The Morgan fingerprint density at radius 3 is 2.45 bits per heavy atom. The smallest absolute Gasteiger partial charge is 0.263 e. The van der Waals surface area contributed by atoms with E-state index in [0.717, 1.165) is 24.0 Å². The fourth-order valence-corrected chi connectivity index (χ4v) is 4.80. The average Bonchev–Trinajstić information content (AvgIpc) is 2.75. The van der Waals surface area contributed by atoms with Crippen LogP contribution in [0.1, 0.15) is 33.5 Å². The van der Waals surface area contributed by atoms with E-state index in [2.05, 4.69) is 10.0 Å². The molecule has 0 saturated heterocycles. The Bertz CT molecular complexity index is 1180. The molecule has 0 bridgehead atoms. The van der Waals surface area contributed by atoms with Crippen molar-refractivity contribution >= 4 is 33.2 Å². The topological polar surface area (TPSA) is 75.3 Å². The van der Waals surface area contributed by atoms with E-state index in [1.165, 1.54) is 23.8 Å². The molecule has 5 nitrogen and oxygen atoms in total. The number of carbonyl (C=O) groups is 1. The number of aryl methyl sites for hydroxylation is 2. The second kappa shape index (κ2) is 9.98. The maximum absolute atomic E-state index is 13.0. The third-order valence-electron chi connectivity index (χ3n) is 5.10. The van der Waals surface area contributed by atoms with Crippen LogP contribution in [0, 0.1) is 13.8 Å². The van der Waals surface area contributed by atoms with Gasteiger partial charge in [-0.05, 0) is 67.6 Å². The number of anilines is 1. The van der Waals surface area contributed by atoms with Crippen molar-refractivity contribution in [3.63, 3.8) is 0 Å². The molecule has 0 atom stereocenters. The first kappa shape index (κ1) is 22.8. The summed E-state index contributed by atoms with van der Waals surface area (Å²) in [5.41, 5.74) is 3.72. The second-order valence-corrected chi connectivity index (χ2v) is 9.40. The molecular weight excluding hydrogens is 432 g/mol. The summed E-state index contributed by atoms with van der Waals surface area (Å²) < 4.78 is 28.5. The van der Waals surface area contributed by atoms with Gasteiger partial charge in [-0.2, -0.15) is 0 Å². The van der Waals surface area contributed by atoms with Crippen molar-refractivity contribution in [2.24, 2.45) is 0 Å². The van der Waals surface area contributed by atoms with Crippen LogP contribution in [-0.2, 0) is 16.4 Å². The van der Waals surface area contributed by atoms with Crippen LogP contribution in [0.5, 0.6) is 0 Å². The third kappa shape index (κ3) is 5.87. The van der Waals surface area contributed by atoms with Crippen LogP contribution in [-0.4, -0.2) is 20.9 Å². The van der Waals surface area contributed by atoms with Gasteiger partial charge in [-0.3, -0.25) is 9.52 Å². The minimum Gasteiger partial charge on any atom is -0.352 e. The van der Waals surface area contributed by atoms with Crippen molar-refractivity contribution in [2.75, 3.05) is 11.3 Å². The van der Waals surface area contributed by atoms with Crippen LogP contribution in [0.25, 0.3) is 0 Å². The van der Waals surface area contributed by atoms with Gasteiger partial charge in [0.1, 0.15) is 4.90 Å². The van der Waals surface area contributed by atoms with Gasteiger partial charge in [-0.1, -0.05) is 54.1 Å². The van der Waals surface area contributed by atoms with Crippen LogP contribution >= 0.6 is 11.6 Å².